The van der Waals surface area contributed by atoms with Crippen LogP contribution >= 0.6 is 12.2 Å². The first-order valence-corrected chi connectivity index (χ1v) is 8.42. The Morgan fingerprint density at radius 3 is 2.57 bits per heavy atom. The Bertz CT molecular complexity index is 673. The van der Waals surface area contributed by atoms with Crippen LogP contribution in [-0.4, -0.2) is 21.7 Å². The number of rotatable bonds is 9. The summed E-state index contributed by atoms with van der Waals surface area (Å²) < 4.78 is 9.23. The first-order chi connectivity index (χ1) is 10.9. The number of carbonyl (C=O) groups is 1. The number of nitrogens with zero attached hydrogens (tertiary/aromatic N) is 2. The number of esters is 1. The van der Waals surface area contributed by atoms with Gasteiger partial charge in [0.1, 0.15) is 0 Å². The van der Waals surface area contributed by atoms with Crippen molar-refractivity contribution in [2.24, 2.45) is 0 Å². The lowest BCUT2D eigenvalue weighted by Crippen LogP contribution is -2.26. The molecule has 23 heavy (non-hydrogen) atoms. The van der Waals surface area contributed by atoms with Crippen molar-refractivity contribution in [1.82, 2.24) is 9.13 Å². The average molecular weight is 338 g/mol. The van der Waals surface area contributed by atoms with Crippen LogP contribution in [0.4, 0.5) is 0 Å². The van der Waals surface area contributed by atoms with Crippen LogP contribution in [0, 0.1) is 11.7 Å². The molecule has 1 aromatic heterocycles. The van der Waals surface area contributed by atoms with E-state index in [2.05, 4.69) is 6.58 Å². The van der Waals surface area contributed by atoms with Gasteiger partial charge in [0.15, 0.2) is 4.77 Å². The molecule has 6 heteroatoms. The standard InChI is InChI=1S/C17H26N2O3S/c1-5-19-15(20)14(4)12-18(17(19)23)10-8-6-7-9-11-22-16(21)13(2)3/h12H,2,5-11H2,1,3-4H3. The Morgan fingerprint density at radius 1 is 1.30 bits per heavy atom. The molecule has 0 amide bonds. The monoisotopic (exact) mass is 338 g/mol. The Balaban J connectivity index is 2.39. The second-order valence-electron chi connectivity index (χ2n) is 5.67. The fourth-order valence-electron chi connectivity index (χ4n) is 2.26. The molecule has 0 spiro atoms. The molecule has 0 radical (unpaired) electrons. The van der Waals surface area contributed by atoms with E-state index >= 15 is 0 Å². The van der Waals surface area contributed by atoms with Crippen LogP contribution in [0.15, 0.2) is 23.1 Å². The van der Waals surface area contributed by atoms with Crippen molar-refractivity contribution in [2.75, 3.05) is 6.61 Å². The van der Waals surface area contributed by atoms with Crippen molar-refractivity contribution in [3.05, 3.63) is 39.0 Å². The molecule has 0 atom stereocenters. The van der Waals surface area contributed by atoms with E-state index in [1.54, 1.807) is 11.5 Å². The Kier molecular flexibility index (Phi) is 7.95. The smallest absolute Gasteiger partial charge is 0.333 e. The minimum Gasteiger partial charge on any atom is -0.462 e. The molecule has 128 valence electrons. The lowest BCUT2D eigenvalue weighted by Gasteiger charge is -2.12. The third-order valence-electron chi connectivity index (χ3n) is 3.60. The fourth-order valence-corrected chi connectivity index (χ4v) is 2.62. The molecule has 0 aliphatic rings. The van der Waals surface area contributed by atoms with Crippen molar-refractivity contribution < 1.29 is 9.53 Å². The Hall–Kier alpha value is -1.69. The topological polar surface area (TPSA) is 53.2 Å². The van der Waals surface area contributed by atoms with E-state index in [1.807, 2.05) is 24.6 Å². The van der Waals surface area contributed by atoms with E-state index in [0.29, 0.717) is 29.1 Å². The number of hydrogen-bond acceptors (Lipinski definition) is 4. The third kappa shape index (κ3) is 5.78. The highest BCUT2D eigenvalue weighted by molar-refractivity contribution is 7.71. The minimum atomic E-state index is -0.325. The summed E-state index contributed by atoms with van der Waals surface area (Å²) in [5.74, 6) is -0.325. The van der Waals surface area contributed by atoms with E-state index in [1.165, 1.54) is 0 Å². The molecule has 0 fully saturated rings. The maximum absolute atomic E-state index is 12.0. The van der Waals surface area contributed by atoms with Crippen LogP contribution in [0.25, 0.3) is 0 Å². The van der Waals surface area contributed by atoms with Gasteiger partial charge in [0, 0.05) is 30.4 Å². The van der Waals surface area contributed by atoms with Gasteiger partial charge >= 0.3 is 5.97 Å². The molecule has 0 aliphatic carbocycles. The van der Waals surface area contributed by atoms with Crippen molar-refractivity contribution in [1.29, 1.82) is 0 Å². The summed E-state index contributed by atoms with van der Waals surface area (Å²) >= 11 is 5.37. The van der Waals surface area contributed by atoms with E-state index < -0.39 is 0 Å². The number of unbranched alkanes of at least 4 members (excludes halogenated alkanes) is 3. The van der Waals surface area contributed by atoms with Gasteiger partial charge in [0.25, 0.3) is 5.56 Å². The van der Waals surface area contributed by atoms with Crippen molar-refractivity contribution in [3.8, 4) is 0 Å². The molecule has 0 saturated carbocycles. The zero-order valence-electron chi connectivity index (χ0n) is 14.3. The quantitative estimate of drug-likeness (QED) is 0.300. The zero-order valence-corrected chi connectivity index (χ0v) is 15.1. The van der Waals surface area contributed by atoms with E-state index in [9.17, 15) is 9.59 Å². The lowest BCUT2D eigenvalue weighted by molar-refractivity contribution is -0.139. The van der Waals surface area contributed by atoms with Crippen LogP contribution in [0.2, 0.25) is 0 Å². The van der Waals surface area contributed by atoms with Gasteiger partial charge in [-0.25, -0.2) is 4.79 Å². The van der Waals surface area contributed by atoms with Gasteiger partial charge in [-0.05, 0) is 52.3 Å². The normalized spacial score (nSPS) is 10.6. The molecule has 0 saturated heterocycles. The fraction of sp³-hybridized carbons (Fsp3) is 0.588. The van der Waals surface area contributed by atoms with E-state index in [0.717, 1.165) is 32.2 Å². The highest BCUT2D eigenvalue weighted by atomic mass is 32.1. The molecule has 0 unspecified atom stereocenters. The van der Waals surface area contributed by atoms with Gasteiger partial charge in [0.2, 0.25) is 0 Å². The Morgan fingerprint density at radius 2 is 1.96 bits per heavy atom. The van der Waals surface area contributed by atoms with Crippen molar-refractivity contribution >= 4 is 18.2 Å². The number of aryl methyl sites for hydroxylation is 2. The minimum absolute atomic E-state index is 0.00641. The highest BCUT2D eigenvalue weighted by Crippen LogP contribution is 2.05. The van der Waals surface area contributed by atoms with Crippen molar-refractivity contribution in [3.63, 3.8) is 0 Å². The van der Waals surface area contributed by atoms with Gasteiger partial charge in [0.05, 0.1) is 6.61 Å². The molecule has 1 aromatic rings. The molecule has 1 heterocycles. The summed E-state index contributed by atoms with van der Waals surface area (Å²) in [6.45, 7) is 10.7. The van der Waals surface area contributed by atoms with E-state index in [4.69, 9.17) is 17.0 Å². The summed E-state index contributed by atoms with van der Waals surface area (Å²) in [4.78, 5) is 23.2. The second-order valence-corrected chi connectivity index (χ2v) is 6.03. The van der Waals surface area contributed by atoms with Crippen LogP contribution < -0.4 is 5.56 Å². The molecular weight excluding hydrogens is 312 g/mol. The van der Waals surface area contributed by atoms with Crippen LogP contribution in [0.5, 0.6) is 0 Å². The summed E-state index contributed by atoms with van der Waals surface area (Å²) in [6.07, 6.45) is 5.67. The zero-order chi connectivity index (χ0) is 17.4. The van der Waals surface area contributed by atoms with Gasteiger partial charge in [-0.1, -0.05) is 13.0 Å². The third-order valence-corrected chi connectivity index (χ3v) is 4.05. The molecule has 0 bridgehead atoms. The average Bonchev–Trinajstić information content (AvgIpc) is 2.51. The van der Waals surface area contributed by atoms with Gasteiger partial charge in [-0.2, -0.15) is 0 Å². The highest BCUT2D eigenvalue weighted by Gasteiger charge is 2.05. The maximum Gasteiger partial charge on any atom is 0.333 e. The lowest BCUT2D eigenvalue weighted by atomic mass is 10.2. The van der Waals surface area contributed by atoms with E-state index in [-0.39, 0.29) is 11.5 Å². The van der Waals surface area contributed by atoms with Gasteiger partial charge in [-0.3, -0.25) is 9.36 Å². The van der Waals surface area contributed by atoms with Gasteiger partial charge < -0.3 is 9.30 Å². The number of hydrogen-bond donors (Lipinski definition) is 0. The summed E-state index contributed by atoms with van der Waals surface area (Å²) in [6, 6.07) is 0. The van der Waals surface area contributed by atoms with Crippen LogP contribution in [0.3, 0.4) is 0 Å². The van der Waals surface area contributed by atoms with Crippen LogP contribution in [-0.2, 0) is 22.6 Å². The summed E-state index contributed by atoms with van der Waals surface area (Å²) in [7, 11) is 0. The SMILES string of the molecule is C=C(C)C(=O)OCCCCCCn1cc(C)c(=O)n(CC)c1=S. The predicted octanol–water partition coefficient (Wildman–Crippen LogP) is 3.39. The maximum atomic E-state index is 12.0. The molecule has 0 N–H and O–H groups in total. The van der Waals surface area contributed by atoms with Gasteiger partial charge in [-0.15, -0.1) is 0 Å². The summed E-state index contributed by atoms with van der Waals surface area (Å²) in [5.41, 5.74) is 1.14. The Labute approximate surface area is 142 Å². The van der Waals surface area contributed by atoms with Crippen molar-refractivity contribution in [2.45, 2.75) is 59.5 Å². The predicted molar refractivity (Wildman–Crippen MR) is 94.2 cm³/mol. The molecule has 0 aromatic carbocycles. The molecular formula is C17H26N2O3S. The number of carbonyl (C=O) groups excluding carboxylic acids is 1. The first kappa shape index (κ1) is 19.4. The molecule has 5 nitrogen and oxygen atoms in total. The number of ether oxygens (including phenoxy) is 1. The first-order valence-electron chi connectivity index (χ1n) is 8.02. The molecule has 1 rings (SSSR count). The second kappa shape index (κ2) is 9.45. The summed E-state index contributed by atoms with van der Waals surface area (Å²) in [5, 5.41) is 0. The van der Waals surface area contributed by atoms with Crippen LogP contribution in [0.1, 0.15) is 45.1 Å². The number of aromatic nitrogens is 2. The largest absolute Gasteiger partial charge is 0.462 e. The molecule has 0 aliphatic heterocycles.